The number of fused-ring (bicyclic) bond motifs is 1. The summed E-state index contributed by atoms with van der Waals surface area (Å²) in [6.07, 6.45) is 0.923. The lowest BCUT2D eigenvalue weighted by atomic mass is 9.98. The minimum atomic E-state index is -0.157. The maximum Gasteiger partial charge on any atom is 0.132 e. The van der Waals surface area contributed by atoms with E-state index in [1.807, 2.05) is 0 Å². The van der Waals surface area contributed by atoms with Gasteiger partial charge in [0.1, 0.15) is 27.1 Å². The van der Waals surface area contributed by atoms with E-state index in [1.54, 1.807) is 11.3 Å². The molecule has 2 aromatic rings. The Balaban J connectivity index is 2.12. The lowest BCUT2D eigenvalue weighted by molar-refractivity contribution is 0.139. The van der Waals surface area contributed by atoms with Gasteiger partial charge < -0.3 is 10.5 Å². The van der Waals surface area contributed by atoms with E-state index in [1.165, 1.54) is 5.56 Å². The molecule has 112 valence electrons. The predicted octanol–water partition coefficient (Wildman–Crippen LogP) is 4.40. The van der Waals surface area contributed by atoms with E-state index < -0.39 is 0 Å². The summed E-state index contributed by atoms with van der Waals surface area (Å²) in [6, 6.07) is 6.24. The van der Waals surface area contributed by atoms with Gasteiger partial charge in [0.15, 0.2) is 0 Å². The molecule has 0 saturated carbocycles. The summed E-state index contributed by atoms with van der Waals surface area (Å²) in [7, 11) is 0. The average Bonchev–Trinajstić information content (AvgIpc) is 2.86. The number of hydrogen-bond donors (Lipinski definition) is 1. The Labute approximate surface area is 130 Å². The molecule has 1 aliphatic rings. The summed E-state index contributed by atoms with van der Waals surface area (Å²) in [5, 5.41) is 1.83. The molecule has 0 unspecified atom stereocenters. The van der Waals surface area contributed by atoms with Crippen LogP contribution in [0, 0.1) is 0 Å². The van der Waals surface area contributed by atoms with Gasteiger partial charge in [-0.05, 0) is 25.5 Å². The van der Waals surface area contributed by atoms with Gasteiger partial charge in [-0.3, -0.25) is 0 Å². The third-order valence-corrected chi connectivity index (χ3v) is 4.95. The van der Waals surface area contributed by atoms with Crippen LogP contribution in [0.2, 0.25) is 0 Å². The molecule has 1 aromatic carbocycles. The Hall–Kier alpha value is -1.55. The third-order valence-electron chi connectivity index (χ3n) is 3.64. The van der Waals surface area contributed by atoms with Crippen molar-refractivity contribution >= 4 is 16.3 Å². The summed E-state index contributed by atoms with van der Waals surface area (Å²) in [6.45, 7) is 10.7. The van der Waals surface area contributed by atoms with Crippen molar-refractivity contribution in [3.8, 4) is 17.0 Å². The number of ether oxygens (including phenoxy) is 1. The van der Waals surface area contributed by atoms with Gasteiger partial charge in [-0.25, -0.2) is 4.98 Å². The lowest BCUT2D eigenvalue weighted by Gasteiger charge is -2.18. The highest BCUT2D eigenvalue weighted by atomic mass is 32.1. The fraction of sp³-hybridized carbons (Fsp3) is 0.471. The third kappa shape index (κ3) is 2.53. The van der Waals surface area contributed by atoms with Crippen LogP contribution in [0.3, 0.4) is 0 Å². The van der Waals surface area contributed by atoms with Gasteiger partial charge in [-0.15, -0.1) is 11.3 Å². The molecular formula is C17H22N2OS. The zero-order valence-electron chi connectivity index (χ0n) is 13.3. The Morgan fingerprint density at radius 3 is 2.62 bits per heavy atom. The van der Waals surface area contributed by atoms with E-state index in [9.17, 15) is 0 Å². The molecule has 3 nitrogen and oxygen atoms in total. The standard InChI is InChI=1S/C17H22N2OS/c1-16(2,3)15-19-12(14(18)21-15)11-8-6-7-10-9-17(4,5)20-13(10)11/h6-8H,9,18H2,1-5H3. The van der Waals surface area contributed by atoms with Crippen LogP contribution in [0.15, 0.2) is 18.2 Å². The highest BCUT2D eigenvalue weighted by Crippen LogP contribution is 2.45. The number of nitrogen functional groups attached to an aromatic ring is 1. The highest BCUT2D eigenvalue weighted by Gasteiger charge is 2.33. The molecule has 2 N–H and O–H groups in total. The van der Waals surface area contributed by atoms with Gasteiger partial charge in [0, 0.05) is 17.4 Å². The number of rotatable bonds is 1. The second kappa shape index (κ2) is 4.47. The van der Waals surface area contributed by atoms with E-state index in [4.69, 9.17) is 15.5 Å². The smallest absolute Gasteiger partial charge is 0.132 e. The van der Waals surface area contributed by atoms with Crippen LogP contribution in [0.1, 0.15) is 45.2 Å². The minimum absolute atomic E-state index is 0.00905. The van der Waals surface area contributed by atoms with Crippen molar-refractivity contribution in [1.29, 1.82) is 0 Å². The van der Waals surface area contributed by atoms with Crippen LogP contribution >= 0.6 is 11.3 Å². The summed E-state index contributed by atoms with van der Waals surface area (Å²) >= 11 is 1.57. The molecule has 1 aromatic heterocycles. The van der Waals surface area contributed by atoms with Crippen molar-refractivity contribution in [2.24, 2.45) is 0 Å². The first-order valence-electron chi connectivity index (χ1n) is 7.25. The number of hydrogen-bond acceptors (Lipinski definition) is 4. The number of aromatic nitrogens is 1. The quantitative estimate of drug-likeness (QED) is 0.849. The summed E-state index contributed by atoms with van der Waals surface area (Å²) < 4.78 is 6.14. The number of nitrogens with zero attached hydrogens (tertiary/aromatic N) is 1. The molecule has 4 heteroatoms. The van der Waals surface area contributed by atoms with Crippen molar-refractivity contribution in [2.75, 3.05) is 5.73 Å². The number of thiazole rings is 1. The topological polar surface area (TPSA) is 48.1 Å². The average molecular weight is 302 g/mol. The molecule has 0 saturated heterocycles. The van der Waals surface area contributed by atoms with E-state index in [2.05, 4.69) is 52.8 Å². The van der Waals surface area contributed by atoms with Crippen molar-refractivity contribution < 1.29 is 4.74 Å². The van der Waals surface area contributed by atoms with Crippen LogP contribution in [0.25, 0.3) is 11.3 Å². The first-order valence-corrected chi connectivity index (χ1v) is 8.07. The van der Waals surface area contributed by atoms with E-state index in [0.717, 1.165) is 33.4 Å². The van der Waals surface area contributed by atoms with Gasteiger partial charge >= 0.3 is 0 Å². The molecule has 0 amide bonds. The molecular weight excluding hydrogens is 280 g/mol. The molecule has 0 atom stereocenters. The van der Waals surface area contributed by atoms with Crippen LogP contribution in [-0.4, -0.2) is 10.6 Å². The van der Waals surface area contributed by atoms with Gasteiger partial charge in [0.05, 0.1) is 0 Å². The van der Waals surface area contributed by atoms with Gasteiger partial charge in [-0.1, -0.05) is 32.9 Å². The number of anilines is 1. The first-order chi connectivity index (χ1) is 9.67. The van der Waals surface area contributed by atoms with E-state index in [0.29, 0.717) is 0 Å². The Morgan fingerprint density at radius 2 is 2.00 bits per heavy atom. The fourth-order valence-electron chi connectivity index (χ4n) is 2.65. The Bertz CT molecular complexity index is 695. The van der Waals surface area contributed by atoms with Crippen LogP contribution in [0.4, 0.5) is 5.00 Å². The molecule has 2 heterocycles. The van der Waals surface area contributed by atoms with Crippen molar-refractivity contribution in [1.82, 2.24) is 4.98 Å². The van der Waals surface area contributed by atoms with Crippen LogP contribution in [-0.2, 0) is 11.8 Å². The lowest BCUT2D eigenvalue weighted by Crippen LogP contribution is -2.24. The molecule has 0 aliphatic carbocycles. The van der Waals surface area contributed by atoms with E-state index >= 15 is 0 Å². The molecule has 1 aliphatic heterocycles. The minimum Gasteiger partial charge on any atom is -0.487 e. The molecule has 0 spiro atoms. The maximum absolute atomic E-state index is 6.23. The summed E-state index contributed by atoms with van der Waals surface area (Å²) in [5.41, 5.74) is 9.20. The number of para-hydroxylation sites is 1. The van der Waals surface area contributed by atoms with Crippen molar-refractivity contribution in [3.05, 3.63) is 28.8 Å². The van der Waals surface area contributed by atoms with Crippen LogP contribution in [0.5, 0.6) is 5.75 Å². The second-order valence-electron chi connectivity index (χ2n) is 7.31. The zero-order valence-corrected chi connectivity index (χ0v) is 14.1. The maximum atomic E-state index is 6.23. The second-order valence-corrected chi connectivity index (χ2v) is 8.34. The largest absolute Gasteiger partial charge is 0.487 e. The summed E-state index contributed by atoms with van der Waals surface area (Å²) in [5.74, 6) is 0.944. The molecule has 0 fully saturated rings. The fourth-order valence-corrected chi connectivity index (χ4v) is 3.55. The van der Waals surface area contributed by atoms with E-state index in [-0.39, 0.29) is 11.0 Å². The number of benzene rings is 1. The Kier molecular flexibility index (Phi) is 3.06. The number of nitrogens with two attached hydrogens (primary N) is 1. The highest BCUT2D eigenvalue weighted by molar-refractivity contribution is 7.16. The van der Waals surface area contributed by atoms with Gasteiger partial charge in [-0.2, -0.15) is 0 Å². The SMILES string of the molecule is CC1(C)Cc2cccc(-c3nc(C(C)(C)C)sc3N)c2O1. The van der Waals surface area contributed by atoms with Crippen LogP contribution < -0.4 is 10.5 Å². The van der Waals surface area contributed by atoms with Gasteiger partial charge in [0.25, 0.3) is 0 Å². The molecule has 0 radical (unpaired) electrons. The predicted molar refractivity (Wildman–Crippen MR) is 89.1 cm³/mol. The monoisotopic (exact) mass is 302 g/mol. The normalized spacial score (nSPS) is 16.6. The summed E-state index contributed by atoms with van der Waals surface area (Å²) in [4.78, 5) is 4.79. The molecule has 3 rings (SSSR count). The zero-order chi connectivity index (χ0) is 15.4. The van der Waals surface area contributed by atoms with Crippen molar-refractivity contribution in [3.63, 3.8) is 0 Å². The Morgan fingerprint density at radius 1 is 1.29 bits per heavy atom. The molecule has 0 bridgehead atoms. The molecule has 21 heavy (non-hydrogen) atoms. The van der Waals surface area contributed by atoms with Crippen molar-refractivity contribution in [2.45, 2.75) is 52.1 Å². The first kappa shape index (κ1) is 14.4. The van der Waals surface area contributed by atoms with Gasteiger partial charge in [0.2, 0.25) is 0 Å².